The quantitative estimate of drug-likeness (QED) is 0.575. The van der Waals surface area contributed by atoms with Gasteiger partial charge in [0.05, 0.1) is 23.6 Å². The van der Waals surface area contributed by atoms with E-state index in [2.05, 4.69) is 5.10 Å². The van der Waals surface area contributed by atoms with Crippen LogP contribution in [0, 0.1) is 5.82 Å². The number of esters is 1. The molecule has 0 spiro atoms. The summed E-state index contributed by atoms with van der Waals surface area (Å²) in [5, 5.41) is 4.58. The molecule has 0 N–H and O–H groups in total. The monoisotopic (exact) mass is 368 g/mol. The van der Waals surface area contributed by atoms with Crippen LogP contribution in [0.1, 0.15) is 23.7 Å². The fraction of sp³-hybridized carbons (Fsp3) is 0.238. The molecule has 0 saturated heterocycles. The Hall–Kier alpha value is -2.99. The summed E-state index contributed by atoms with van der Waals surface area (Å²) in [7, 11) is 1.58. The summed E-state index contributed by atoms with van der Waals surface area (Å²) in [4.78, 5) is 12.4. The SMILES string of the molecule is CCCOC(=O)c1ccccc1-c1cc(-c2ccc(F)cc2)n(COC)n1. The van der Waals surface area contributed by atoms with Gasteiger partial charge in [0.15, 0.2) is 0 Å². The van der Waals surface area contributed by atoms with Crippen molar-refractivity contribution in [3.8, 4) is 22.5 Å². The summed E-state index contributed by atoms with van der Waals surface area (Å²) in [5.74, 6) is -0.683. The Morgan fingerprint density at radius 2 is 1.89 bits per heavy atom. The third-order valence-electron chi connectivity index (χ3n) is 4.03. The summed E-state index contributed by atoms with van der Waals surface area (Å²) in [6, 6.07) is 15.2. The molecule has 0 aliphatic rings. The van der Waals surface area contributed by atoms with Crippen LogP contribution in [0.2, 0.25) is 0 Å². The number of hydrogen-bond acceptors (Lipinski definition) is 4. The lowest BCUT2D eigenvalue weighted by Crippen LogP contribution is -2.08. The molecule has 0 fully saturated rings. The Morgan fingerprint density at radius 1 is 1.15 bits per heavy atom. The smallest absolute Gasteiger partial charge is 0.338 e. The second-order valence-electron chi connectivity index (χ2n) is 6.02. The molecular weight excluding hydrogens is 347 g/mol. The van der Waals surface area contributed by atoms with E-state index in [0.717, 1.165) is 17.7 Å². The number of carbonyl (C=O) groups excluding carboxylic acids is 1. The zero-order valence-corrected chi connectivity index (χ0v) is 15.3. The van der Waals surface area contributed by atoms with Gasteiger partial charge in [-0.1, -0.05) is 25.1 Å². The van der Waals surface area contributed by atoms with Gasteiger partial charge in [0.25, 0.3) is 0 Å². The fourth-order valence-corrected chi connectivity index (χ4v) is 2.78. The zero-order valence-electron chi connectivity index (χ0n) is 15.3. The molecule has 0 bridgehead atoms. The molecule has 6 heteroatoms. The minimum Gasteiger partial charge on any atom is -0.462 e. The first-order chi connectivity index (χ1) is 13.1. The van der Waals surface area contributed by atoms with Crippen LogP contribution in [0.3, 0.4) is 0 Å². The molecule has 3 rings (SSSR count). The van der Waals surface area contributed by atoms with Crippen LogP contribution in [-0.2, 0) is 16.2 Å². The second-order valence-corrected chi connectivity index (χ2v) is 6.02. The molecule has 3 aromatic rings. The molecule has 27 heavy (non-hydrogen) atoms. The number of carbonyl (C=O) groups is 1. The number of methoxy groups -OCH3 is 1. The number of benzene rings is 2. The topological polar surface area (TPSA) is 53.4 Å². The lowest BCUT2D eigenvalue weighted by molar-refractivity contribution is 0.0506. The maximum absolute atomic E-state index is 13.3. The van der Waals surface area contributed by atoms with E-state index in [-0.39, 0.29) is 18.5 Å². The molecule has 0 radical (unpaired) electrons. The van der Waals surface area contributed by atoms with E-state index in [1.807, 2.05) is 25.1 Å². The molecule has 0 saturated carbocycles. The van der Waals surface area contributed by atoms with Gasteiger partial charge in [-0.3, -0.25) is 0 Å². The van der Waals surface area contributed by atoms with E-state index in [1.54, 1.807) is 36.1 Å². The van der Waals surface area contributed by atoms with Crippen molar-refractivity contribution < 1.29 is 18.7 Å². The van der Waals surface area contributed by atoms with E-state index in [4.69, 9.17) is 9.47 Å². The Labute approximate surface area is 157 Å². The first-order valence-corrected chi connectivity index (χ1v) is 8.73. The third kappa shape index (κ3) is 4.23. The molecule has 5 nitrogen and oxygen atoms in total. The van der Waals surface area contributed by atoms with Gasteiger partial charge in [-0.2, -0.15) is 5.10 Å². The lowest BCUT2D eigenvalue weighted by Gasteiger charge is -2.07. The van der Waals surface area contributed by atoms with Crippen molar-refractivity contribution in [2.75, 3.05) is 13.7 Å². The number of hydrogen-bond donors (Lipinski definition) is 0. The normalized spacial score (nSPS) is 10.8. The van der Waals surface area contributed by atoms with Crippen LogP contribution in [0.25, 0.3) is 22.5 Å². The predicted octanol–water partition coefficient (Wildman–Crippen LogP) is 4.53. The van der Waals surface area contributed by atoms with Crippen LogP contribution in [-0.4, -0.2) is 29.5 Å². The minimum absolute atomic E-state index is 0.231. The number of aromatic nitrogens is 2. The summed E-state index contributed by atoms with van der Waals surface area (Å²) in [5.41, 5.74) is 3.33. The van der Waals surface area contributed by atoms with Gasteiger partial charge < -0.3 is 9.47 Å². The van der Waals surface area contributed by atoms with Crippen molar-refractivity contribution in [3.05, 3.63) is 66.0 Å². The van der Waals surface area contributed by atoms with E-state index >= 15 is 0 Å². The summed E-state index contributed by atoms with van der Waals surface area (Å²) >= 11 is 0. The summed E-state index contributed by atoms with van der Waals surface area (Å²) < 4.78 is 25.5. The molecule has 0 aliphatic carbocycles. The Kier molecular flexibility index (Phi) is 5.98. The third-order valence-corrected chi connectivity index (χ3v) is 4.03. The van der Waals surface area contributed by atoms with Gasteiger partial charge >= 0.3 is 5.97 Å². The van der Waals surface area contributed by atoms with Crippen LogP contribution < -0.4 is 0 Å². The van der Waals surface area contributed by atoms with Gasteiger partial charge in [0, 0.05) is 18.2 Å². The fourth-order valence-electron chi connectivity index (χ4n) is 2.78. The lowest BCUT2D eigenvalue weighted by atomic mass is 10.0. The average Bonchev–Trinajstić information content (AvgIpc) is 3.11. The second kappa shape index (κ2) is 8.60. The van der Waals surface area contributed by atoms with Gasteiger partial charge in [-0.15, -0.1) is 0 Å². The van der Waals surface area contributed by atoms with Crippen LogP contribution in [0.5, 0.6) is 0 Å². The van der Waals surface area contributed by atoms with Crippen molar-refractivity contribution >= 4 is 5.97 Å². The average molecular weight is 368 g/mol. The van der Waals surface area contributed by atoms with Gasteiger partial charge in [-0.25, -0.2) is 13.9 Å². The summed E-state index contributed by atoms with van der Waals surface area (Å²) in [6.45, 7) is 2.54. The van der Waals surface area contributed by atoms with Gasteiger partial charge in [0.2, 0.25) is 0 Å². The number of nitrogens with zero attached hydrogens (tertiary/aromatic N) is 2. The van der Waals surface area contributed by atoms with Crippen molar-refractivity contribution in [1.82, 2.24) is 9.78 Å². The first-order valence-electron chi connectivity index (χ1n) is 8.73. The molecule has 140 valence electrons. The molecule has 1 aromatic heterocycles. The van der Waals surface area contributed by atoms with Crippen LogP contribution >= 0.6 is 0 Å². The van der Waals surface area contributed by atoms with Crippen LogP contribution in [0.4, 0.5) is 4.39 Å². The zero-order chi connectivity index (χ0) is 19.2. The molecule has 0 atom stereocenters. The number of ether oxygens (including phenoxy) is 2. The van der Waals surface area contributed by atoms with Crippen molar-refractivity contribution in [2.45, 2.75) is 20.1 Å². The van der Waals surface area contributed by atoms with E-state index in [1.165, 1.54) is 12.1 Å². The Bertz CT molecular complexity index is 919. The Morgan fingerprint density at radius 3 is 2.59 bits per heavy atom. The molecular formula is C21H21FN2O3. The van der Waals surface area contributed by atoms with Crippen molar-refractivity contribution in [3.63, 3.8) is 0 Å². The minimum atomic E-state index is -0.378. The highest BCUT2D eigenvalue weighted by atomic mass is 19.1. The van der Waals surface area contributed by atoms with E-state index in [0.29, 0.717) is 23.4 Å². The maximum atomic E-state index is 13.3. The van der Waals surface area contributed by atoms with Crippen molar-refractivity contribution in [2.24, 2.45) is 0 Å². The van der Waals surface area contributed by atoms with E-state index in [9.17, 15) is 9.18 Å². The highest BCUT2D eigenvalue weighted by molar-refractivity contribution is 5.97. The molecule has 2 aromatic carbocycles. The van der Waals surface area contributed by atoms with Gasteiger partial charge in [-0.05, 0) is 42.8 Å². The molecule has 0 unspecified atom stereocenters. The molecule has 0 amide bonds. The molecule has 1 heterocycles. The maximum Gasteiger partial charge on any atom is 0.338 e. The summed E-state index contributed by atoms with van der Waals surface area (Å²) in [6.07, 6.45) is 0.755. The van der Waals surface area contributed by atoms with Gasteiger partial charge in [0.1, 0.15) is 12.5 Å². The highest BCUT2D eigenvalue weighted by Crippen LogP contribution is 2.29. The van der Waals surface area contributed by atoms with Crippen LogP contribution in [0.15, 0.2) is 54.6 Å². The predicted molar refractivity (Wildman–Crippen MR) is 101 cm³/mol. The highest BCUT2D eigenvalue weighted by Gasteiger charge is 2.18. The number of rotatable bonds is 7. The molecule has 0 aliphatic heterocycles. The Balaban J connectivity index is 2.04. The van der Waals surface area contributed by atoms with E-state index < -0.39 is 0 Å². The largest absolute Gasteiger partial charge is 0.462 e. The first kappa shape index (κ1) is 18.8. The van der Waals surface area contributed by atoms with Crippen molar-refractivity contribution in [1.29, 1.82) is 0 Å². The standard InChI is InChI=1S/C21H21FN2O3/c1-3-12-27-21(25)18-7-5-4-6-17(18)19-13-20(24(23-19)14-26-2)15-8-10-16(22)11-9-15/h4-11,13H,3,12,14H2,1-2H3. The number of halogens is 1.